The maximum Gasteiger partial charge on any atom is 0.435 e. The van der Waals surface area contributed by atoms with E-state index in [1.54, 1.807) is 0 Å². The predicted molar refractivity (Wildman–Crippen MR) is 90.6 cm³/mol. The van der Waals surface area contributed by atoms with Crippen LogP contribution in [0.15, 0.2) is 18.5 Å². The maximum absolute atomic E-state index is 12.9. The Hall–Kier alpha value is -2.85. The highest BCUT2D eigenvalue weighted by Gasteiger charge is 2.37. The summed E-state index contributed by atoms with van der Waals surface area (Å²) in [6.45, 7) is 0.706. The smallest absolute Gasteiger partial charge is 0.435 e. The number of carbonyl (C=O) groups is 2. The first kappa shape index (κ1) is 19.9. The Morgan fingerprint density at radius 3 is 2.68 bits per heavy atom. The number of hydrogen-bond acceptors (Lipinski definition) is 4. The van der Waals surface area contributed by atoms with Crippen LogP contribution in [0.1, 0.15) is 53.3 Å². The average molecular weight is 399 g/mol. The fraction of sp³-hybridized carbons (Fsp3) is 0.529. The minimum atomic E-state index is -4.47. The van der Waals surface area contributed by atoms with Gasteiger partial charge in [-0.3, -0.25) is 19.0 Å². The Labute approximate surface area is 158 Å². The normalized spacial score (nSPS) is 14.2. The van der Waals surface area contributed by atoms with Gasteiger partial charge in [-0.15, -0.1) is 0 Å². The van der Waals surface area contributed by atoms with Gasteiger partial charge in [0.05, 0.1) is 24.7 Å². The van der Waals surface area contributed by atoms with Crippen molar-refractivity contribution in [2.75, 3.05) is 6.54 Å². The molecule has 152 valence electrons. The van der Waals surface area contributed by atoms with Gasteiger partial charge >= 0.3 is 12.1 Å². The fourth-order valence-corrected chi connectivity index (χ4v) is 2.80. The second-order valence-electron chi connectivity index (χ2n) is 6.69. The molecule has 3 rings (SSSR count). The van der Waals surface area contributed by atoms with Gasteiger partial charge in [0.15, 0.2) is 5.69 Å². The molecule has 0 atom stereocenters. The Kier molecular flexibility index (Phi) is 5.71. The van der Waals surface area contributed by atoms with E-state index in [2.05, 4.69) is 15.5 Å². The summed E-state index contributed by atoms with van der Waals surface area (Å²) in [5.41, 5.74) is 0.00748. The molecule has 1 fully saturated rings. The summed E-state index contributed by atoms with van der Waals surface area (Å²) in [5.74, 6) is -1.20. The van der Waals surface area contributed by atoms with Gasteiger partial charge < -0.3 is 10.4 Å². The zero-order valence-electron chi connectivity index (χ0n) is 14.9. The van der Waals surface area contributed by atoms with Crippen LogP contribution >= 0.6 is 0 Å². The van der Waals surface area contributed by atoms with Crippen LogP contribution in [-0.2, 0) is 24.1 Å². The molecule has 2 heterocycles. The number of carboxylic acid groups (broad SMARTS) is 1. The summed E-state index contributed by atoms with van der Waals surface area (Å²) in [6, 6.07) is 1.11. The zero-order chi connectivity index (χ0) is 20.3. The summed E-state index contributed by atoms with van der Waals surface area (Å²) in [5, 5.41) is 18.9. The molecular weight excluding hydrogens is 379 g/mol. The van der Waals surface area contributed by atoms with E-state index in [1.165, 1.54) is 21.8 Å². The number of aromatic nitrogens is 4. The van der Waals surface area contributed by atoms with Gasteiger partial charge in [-0.2, -0.15) is 23.4 Å². The molecular formula is C17H20F3N5O3. The average Bonchev–Trinajstić information content (AvgIpc) is 3.18. The number of halogens is 3. The summed E-state index contributed by atoms with van der Waals surface area (Å²) < 4.78 is 41.4. The van der Waals surface area contributed by atoms with Crippen molar-refractivity contribution in [3.63, 3.8) is 0 Å². The van der Waals surface area contributed by atoms with Crippen LogP contribution < -0.4 is 5.32 Å². The lowest BCUT2D eigenvalue weighted by Gasteiger charge is -2.07. The van der Waals surface area contributed by atoms with Crippen LogP contribution in [0.2, 0.25) is 0 Å². The summed E-state index contributed by atoms with van der Waals surface area (Å²) in [4.78, 5) is 22.6. The number of aliphatic carboxylic acids is 1. The van der Waals surface area contributed by atoms with E-state index >= 15 is 0 Å². The minimum absolute atomic E-state index is 0.101. The van der Waals surface area contributed by atoms with Crippen LogP contribution in [0.25, 0.3) is 0 Å². The van der Waals surface area contributed by atoms with Crippen LogP contribution in [0, 0.1) is 0 Å². The van der Waals surface area contributed by atoms with Crippen LogP contribution in [0.3, 0.4) is 0 Å². The van der Waals surface area contributed by atoms with Crippen molar-refractivity contribution >= 4 is 11.9 Å². The molecule has 2 aromatic heterocycles. The van der Waals surface area contributed by atoms with Gasteiger partial charge in [-0.25, -0.2) is 0 Å². The van der Waals surface area contributed by atoms with E-state index < -0.39 is 17.8 Å². The zero-order valence-corrected chi connectivity index (χ0v) is 14.9. The molecule has 2 aromatic rings. The van der Waals surface area contributed by atoms with Gasteiger partial charge in [0, 0.05) is 30.9 Å². The SMILES string of the molecule is O=C(O)CCn1cc(C(=O)NCCCn2nc(C(F)(F)F)cc2C2CC2)cn1. The summed E-state index contributed by atoms with van der Waals surface area (Å²) in [7, 11) is 0. The predicted octanol–water partition coefficient (Wildman–Crippen LogP) is 2.27. The molecule has 0 saturated heterocycles. The number of rotatable bonds is 9. The van der Waals surface area contributed by atoms with Crippen molar-refractivity contribution in [2.24, 2.45) is 0 Å². The summed E-state index contributed by atoms with van der Waals surface area (Å²) in [6.07, 6.45) is 0.382. The van der Waals surface area contributed by atoms with E-state index in [-0.39, 0.29) is 37.9 Å². The molecule has 28 heavy (non-hydrogen) atoms. The molecule has 0 aromatic carbocycles. The van der Waals surface area contributed by atoms with E-state index in [1.807, 2.05) is 0 Å². The minimum Gasteiger partial charge on any atom is -0.481 e. The second-order valence-corrected chi connectivity index (χ2v) is 6.69. The van der Waals surface area contributed by atoms with Crippen LogP contribution in [0.5, 0.6) is 0 Å². The molecule has 8 nitrogen and oxygen atoms in total. The molecule has 1 amide bonds. The Morgan fingerprint density at radius 2 is 2.04 bits per heavy atom. The first-order valence-electron chi connectivity index (χ1n) is 8.91. The molecule has 0 unspecified atom stereocenters. The number of alkyl halides is 3. The highest BCUT2D eigenvalue weighted by atomic mass is 19.4. The van der Waals surface area contributed by atoms with Crippen molar-refractivity contribution in [1.29, 1.82) is 0 Å². The second kappa shape index (κ2) is 8.03. The molecule has 0 aliphatic heterocycles. The lowest BCUT2D eigenvalue weighted by atomic mass is 10.2. The number of aryl methyl sites for hydroxylation is 2. The van der Waals surface area contributed by atoms with Crippen molar-refractivity contribution in [2.45, 2.75) is 50.9 Å². The van der Waals surface area contributed by atoms with Gasteiger partial charge in [-0.1, -0.05) is 0 Å². The van der Waals surface area contributed by atoms with Gasteiger partial charge in [0.25, 0.3) is 5.91 Å². The first-order valence-corrected chi connectivity index (χ1v) is 8.91. The monoisotopic (exact) mass is 399 g/mol. The largest absolute Gasteiger partial charge is 0.481 e. The molecule has 0 spiro atoms. The fourth-order valence-electron chi connectivity index (χ4n) is 2.80. The Morgan fingerprint density at radius 1 is 1.29 bits per heavy atom. The highest BCUT2D eigenvalue weighted by molar-refractivity contribution is 5.93. The van der Waals surface area contributed by atoms with Gasteiger partial charge in [0.1, 0.15) is 0 Å². The third-order valence-electron chi connectivity index (χ3n) is 4.38. The lowest BCUT2D eigenvalue weighted by molar-refractivity contribution is -0.141. The molecule has 1 saturated carbocycles. The van der Waals surface area contributed by atoms with E-state index in [0.717, 1.165) is 18.9 Å². The maximum atomic E-state index is 12.9. The first-order chi connectivity index (χ1) is 13.2. The number of nitrogens with one attached hydrogen (secondary N) is 1. The molecule has 0 bridgehead atoms. The standard InChI is InChI=1S/C17H20F3N5O3/c18-17(19,20)14-8-13(11-2-3-11)25(23-14)6-1-5-21-16(28)12-9-22-24(10-12)7-4-15(26)27/h8-11H,1-7H2,(H,21,28)(H,26,27). The Balaban J connectivity index is 1.49. The van der Waals surface area contributed by atoms with Crippen molar-refractivity contribution in [3.05, 3.63) is 35.4 Å². The number of hydrogen-bond donors (Lipinski definition) is 2. The molecule has 2 N–H and O–H groups in total. The summed E-state index contributed by atoms with van der Waals surface area (Å²) >= 11 is 0. The van der Waals surface area contributed by atoms with E-state index in [9.17, 15) is 22.8 Å². The van der Waals surface area contributed by atoms with Crippen molar-refractivity contribution in [1.82, 2.24) is 24.9 Å². The molecule has 1 aliphatic rings. The quantitative estimate of drug-likeness (QED) is 0.630. The van der Waals surface area contributed by atoms with Crippen LogP contribution in [-0.4, -0.2) is 43.1 Å². The third-order valence-corrected chi connectivity index (χ3v) is 4.38. The van der Waals surface area contributed by atoms with Crippen molar-refractivity contribution < 1.29 is 27.9 Å². The third kappa shape index (κ3) is 5.11. The molecule has 11 heteroatoms. The number of amides is 1. The Bertz CT molecular complexity index is 855. The lowest BCUT2D eigenvalue weighted by Crippen LogP contribution is -2.25. The number of carboxylic acids is 1. The molecule has 1 aliphatic carbocycles. The van der Waals surface area contributed by atoms with Crippen LogP contribution in [0.4, 0.5) is 13.2 Å². The van der Waals surface area contributed by atoms with E-state index in [4.69, 9.17) is 5.11 Å². The number of carbonyl (C=O) groups excluding carboxylic acids is 1. The van der Waals surface area contributed by atoms with E-state index in [0.29, 0.717) is 17.7 Å². The highest BCUT2D eigenvalue weighted by Crippen LogP contribution is 2.42. The number of nitrogens with zero attached hydrogens (tertiary/aromatic N) is 4. The van der Waals surface area contributed by atoms with Gasteiger partial charge in [0.2, 0.25) is 0 Å². The van der Waals surface area contributed by atoms with Gasteiger partial charge in [-0.05, 0) is 25.3 Å². The molecule has 0 radical (unpaired) electrons. The topological polar surface area (TPSA) is 102 Å². The van der Waals surface area contributed by atoms with Crippen molar-refractivity contribution in [3.8, 4) is 0 Å².